The lowest BCUT2D eigenvalue weighted by atomic mass is 10.0. The number of anilines is 1. The number of aliphatic hydroxyl groups excluding tert-OH is 1. The molecule has 1 aromatic heterocycles. The third-order valence-electron chi connectivity index (χ3n) is 5.00. The second-order valence-electron chi connectivity index (χ2n) is 7.28. The van der Waals surface area contributed by atoms with E-state index < -0.39 is 34.3 Å². The van der Waals surface area contributed by atoms with E-state index in [-0.39, 0.29) is 45.0 Å². The highest BCUT2D eigenvalue weighted by Crippen LogP contribution is 2.36. The third kappa shape index (κ3) is 4.67. The lowest BCUT2D eigenvalue weighted by Crippen LogP contribution is -2.45. The van der Waals surface area contributed by atoms with Gasteiger partial charge in [0, 0.05) is 17.6 Å². The summed E-state index contributed by atoms with van der Waals surface area (Å²) in [6.07, 6.45) is 0.217. The van der Waals surface area contributed by atoms with Crippen LogP contribution in [-0.2, 0) is 16.4 Å². The number of ether oxygens (including phenoxy) is 1. The maximum Gasteiger partial charge on any atom is 0.264 e. The van der Waals surface area contributed by atoms with Gasteiger partial charge in [0.05, 0.1) is 28.6 Å². The quantitative estimate of drug-likeness (QED) is 0.505. The topological polar surface area (TPSA) is 96.8 Å². The predicted octanol–water partition coefficient (Wildman–Crippen LogP) is 3.90. The summed E-state index contributed by atoms with van der Waals surface area (Å²) in [7, 11) is -4.10. The third-order valence-corrected chi connectivity index (χ3v) is 7.33. The Kier molecular flexibility index (Phi) is 6.58. The van der Waals surface area contributed by atoms with Crippen LogP contribution in [-0.4, -0.2) is 43.5 Å². The molecule has 2 heterocycles. The van der Waals surface area contributed by atoms with Crippen LogP contribution in [0.2, 0.25) is 10.0 Å². The Balaban J connectivity index is 1.73. The van der Waals surface area contributed by atoms with Gasteiger partial charge in [-0.05, 0) is 42.0 Å². The molecule has 0 amide bonds. The SMILES string of the molecule is O=C(Cc1cnc2c(c1)N(S(=O)(=O)c1cccc(Cl)c1)C[C@H](CO)O2)c1c(F)cccc1Cl. The normalized spacial score (nSPS) is 15.6. The second kappa shape index (κ2) is 9.26. The van der Waals surface area contributed by atoms with E-state index >= 15 is 0 Å². The Morgan fingerprint density at radius 1 is 1.21 bits per heavy atom. The largest absolute Gasteiger partial charge is 0.468 e. The number of fused-ring (bicyclic) bond motifs is 1. The summed E-state index contributed by atoms with van der Waals surface area (Å²) < 4.78 is 47.5. The molecule has 0 bridgehead atoms. The number of hydrogen-bond donors (Lipinski definition) is 1. The molecular formula is C22H17Cl2FN2O5S. The summed E-state index contributed by atoms with van der Waals surface area (Å²) >= 11 is 12.0. The monoisotopic (exact) mass is 510 g/mol. The molecule has 0 saturated heterocycles. The maximum absolute atomic E-state index is 14.1. The molecule has 1 aliphatic heterocycles. The van der Waals surface area contributed by atoms with Crippen molar-refractivity contribution in [2.45, 2.75) is 17.4 Å². The van der Waals surface area contributed by atoms with Crippen molar-refractivity contribution in [1.29, 1.82) is 0 Å². The van der Waals surface area contributed by atoms with Crippen molar-refractivity contribution in [1.82, 2.24) is 4.98 Å². The van der Waals surface area contributed by atoms with Crippen LogP contribution in [0, 0.1) is 5.82 Å². The highest BCUT2D eigenvalue weighted by Gasteiger charge is 2.35. The highest BCUT2D eigenvalue weighted by atomic mass is 35.5. The minimum atomic E-state index is -4.10. The summed E-state index contributed by atoms with van der Waals surface area (Å²) in [5, 5.41) is 9.79. The number of carbonyl (C=O) groups is 1. The Morgan fingerprint density at radius 3 is 2.67 bits per heavy atom. The minimum absolute atomic E-state index is 0.0222. The van der Waals surface area contributed by atoms with Gasteiger partial charge in [0.1, 0.15) is 17.6 Å². The van der Waals surface area contributed by atoms with Gasteiger partial charge in [-0.1, -0.05) is 35.3 Å². The fourth-order valence-electron chi connectivity index (χ4n) is 3.44. The van der Waals surface area contributed by atoms with Crippen molar-refractivity contribution < 1.29 is 27.4 Å². The van der Waals surface area contributed by atoms with E-state index in [4.69, 9.17) is 27.9 Å². The van der Waals surface area contributed by atoms with Crippen molar-refractivity contribution in [3.05, 3.63) is 81.7 Å². The fraction of sp³-hybridized carbons (Fsp3) is 0.182. The summed E-state index contributed by atoms with van der Waals surface area (Å²) in [4.78, 5) is 16.8. The number of rotatable bonds is 6. The number of nitrogens with zero attached hydrogens (tertiary/aromatic N) is 2. The zero-order valence-electron chi connectivity index (χ0n) is 16.9. The molecule has 1 atom stereocenters. The van der Waals surface area contributed by atoms with Crippen molar-refractivity contribution in [2.24, 2.45) is 0 Å². The zero-order valence-corrected chi connectivity index (χ0v) is 19.2. The van der Waals surface area contributed by atoms with Crippen molar-refractivity contribution >= 4 is 44.7 Å². The molecule has 0 spiro atoms. The van der Waals surface area contributed by atoms with Gasteiger partial charge < -0.3 is 9.84 Å². The standard InChI is InChI=1S/C22H17Cl2FN2O5S/c23-14-3-1-4-16(9-14)33(30,31)27-11-15(12-28)32-22-19(27)7-13(10-26-22)8-20(29)21-17(24)5-2-6-18(21)25/h1-7,9-10,15,28H,8,11-12H2/t15-/m1/s1. The van der Waals surface area contributed by atoms with Crippen LogP contribution in [0.4, 0.5) is 10.1 Å². The smallest absolute Gasteiger partial charge is 0.264 e. The number of ketones is 1. The molecule has 0 aliphatic carbocycles. The van der Waals surface area contributed by atoms with Gasteiger partial charge in [0.25, 0.3) is 10.0 Å². The maximum atomic E-state index is 14.1. The molecule has 172 valence electrons. The number of aliphatic hydroxyl groups is 1. The summed E-state index contributed by atoms with van der Waals surface area (Å²) in [6, 6.07) is 11.1. The molecule has 0 unspecified atom stereocenters. The van der Waals surface area contributed by atoms with Crippen LogP contribution in [0.15, 0.2) is 59.6 Å². The van der Waals surface area contributed by atoms with Crippen LogP contribution in [0.3, 0.4) is 0 Å². The molecule has 0 fully saturated rings. The first-order valence-corrected chi connectivity index (χ1v) is 11.9. The Labute approximate surface area is 199 Å². The van der Waals surface area contributed by atoms with Gasteiger partial charge in [-0.15, -0.1) is 0 Å². The van der Waals surface area contributed by atoms with Gasteiger partial charge in [0.15, 0.2) is 5.78 Å². The fourth-order valence-corrected chi connectivity index (χ4v) is 5.50. The van der Waals surface area contributed by atoms with Gasteiger partial charge in [-0.25, -0.2) is 17.8 Å². The number of benzene rings is 2. The predicted molar refractivity (Wildman–Crippen MR) is 121 cm³/mol. The lowest BCUT2D eigenvalue weighted by Gasteiger charge is -2.34. The summed E-state index contributed by atoms with van der Waals surface area (Å²) in [5.74, 6) is -1.36. The molecule has 7 nitrogen and oxygen atoms in total. The van der Waals surface area contributed by atoms with Crippen LogP contribution in [0.5, 0.6) is 5.88 Å². The van der Waals surface area contributed by atoms with Crippen molar-refractivity contribution in [2.75, 3.05) is 17.5 Å². The van der Waals surface area contributed by atoms with Crippen LogP contribution < -0.4 is 9.04 Å². The van der Waals surface area contributed by atoms with E-state index in [9.17, 15) is 22.7 Å². The second-order valence-corrected chi connectivity index (χ2v) is 9.99. The van der Waals surface area contributed by atoms with E-state index in [2.05, 4.69) is 4.98 Å². The van der Waals surface area contributed by atoms with Gasteiger partial charge in [-0.2, -0.15) is 0 Å². The van der Waals surface area contributed by atoms with E-state index in [0.717, 1.165) is 10.4 Å². The number of aromatic nitrogens is 1. The number of sulfonamides is 1. The van der Waals surface area contributed by atoms with E-state index in [1.54, 1.807) is 6.07 Å². The molecular weight excluding hydrogens is 494 g/mol. The van der Waals surface area contributed by atoms with Crippen LogP contribution in [0.1, 0.15) is 15.9 Å². The average Bonchev–Trinajstić information content (AvgIpc) is 2.78. The van der Waals surface area contributed by atoms with Gasteiger partial charge in [-0.3, -0.25) is 9.10 Å². The van der Waals surface area contributed by atoms with E-state index in [1.165, 1.54) is 42.6 Å². The molecule has 4 rings (SSSR count). The number of halogens is 3. The first kappa shape index (κ1) is 23.4. The van der Waals surface area contributed by atoms with E-state index in [0.29, 0.717) is 5.56 Å². The van der Waals surface area contributed by atoms with Gasteiger partial charge >= 0.3 is 0 Å². The Bertz CT molecular complexity index is 1320. The molecule has 1 aliphatic rings. The Morgan fingerprint density at radius 2 is 1.97 bits per heavy atom. The first-order valence-electron chi connectivity index (χ1n) is 9.72. The molecule has 2 aromatic carbocycles. The van der Waals surface area contributed by atoms with E-state index in [1.807, 2.05) is 0 Å². The molecule has 0 radical (unpaired) electrons. The Hall–Kier alpha value is -2.72. The molecule has 33 heavy (non-hydrogen) atoms. The van der Waals surface area contributed by atoms with Crippen molar-refractivity contribution in [3.8, 4) is 5.88 Å². The summed E-state index contributed by atoms with van der Waals surface area (Å²) in [6.45, 7) is -0.620. The first-order chi connectivity index (χ1) is 15.7. The lowest BCUT2D eigenvalue weighted by molar-refractivity contribution is 0.0988. The molecule has 1 N–H and O–H groups in total. The molecule has 11 heteroatoms. The number of Topliss-reactive ketones (excluding diaryl/α,β-unsaturated/α-hetero) is 1. The zero-order chi connectivity index (χ0) is 23.8. The minimum Gasteiger partial charge on any atom is -0.468 e. The number of hydrogen-bond acceptors (Lipinski definition) is 6. The van der Waals surface area contributed by atoms with Crippen molar-refractivity contribution in [3.63, 3.8) is 0 Å². The van der Waals surface area contributed by atoms with Crippen LogP contribution >= 0.6 is 23.2 Å². The average molecular weight is 511 g/mol. The summed E-state index contributed by atoms with van der Waals surface area (Å²) in [5.41, 5.74) is 0.164. The number of carbonyl (C=O) groups excluding carboxylic acids is 1. The molecule has 0 saturated carbocycles. The highest BCUT2D eigenvalue weighted by molar-refractivity contribution is 7.92. The number of pyridine rings is 1. The molecule has 3 aromatic rings. The van der Waals surface area contributed by atoms with Crippen LogP contribution in [0.25, 0.3) is 0 Å². The van der Waals surface area contributed by atoms with Gasteiger partial charge in [0.2, 0.25) is 5.88 Å².